The maximum absolute atomic E-state index is 12.8. The van der Waals surface area contributed by atoms with E-state index in [4.69, 9.17) is 9.15 Å². The number of carbonyl (C=O) groups is 2. The van der Waals surface area contributed by atoms with Crippen LogP contribution in [0, 0.1) is 0 Å². The number of unbranched alkanes of at least 4 members (excludes halogenated alkanes) is 1. The number of hydrogen-bond donors (Lipinski definition) is 0. The maximum atomic E-state index is 12.8. The lowest BCUT2D eigenvalue weighted by molar-refractivity contribution is -0.143. The van der Waals surface area contributed by atoms with Crippen LogP contribution in [0.2, 0.25) is 0 Å². The Morgan fingerprint density at radius 1 is 1.13 bits per heavy atom. The van der Waals surface area contributed by atoms with E-state index in [2.05, 4.69) is 24.0 Å². The van der Waals surface area contributed by atoms with Crippen LogP contribution in [0.1, 0.15) is 42.8 Å². The monoisotopic (exact) mass is 436 g/mol. The molecule has 1 amide bonds. The van der Waals surface area contributed by atoms with Crippen molar-refractivity contribution in [3.05, 3.63) is 64.7 Å². The fourth-order valence-electron chi connectivity index (χ4n) is 3.46. The largest absolute Gasteiger partial charge is 0.465 e. The molecule has 2 heterocycles. The van der Waals surface area contributed by atoms with Crippen LogP contribution in [0.3, 0.4) is 0 Å². The van der Waals surface area contributed by atoms with Gasteiger partial charge in [0.2, 0.25) is 0 Å². The van der Waals surface area contributed by atoms with E-state index in [-0.39, 0.29) is 18.3 Å². The highest BCUT2D eigenvalue weighted by Crippen LogP contribution is 2.22. The van der Waals surface area contributed by atoms with Crippen molar-refractivity contribution in [1.82, 2.24) is 4.57 Å². The Bertz CT molecular complexity index is 1280. The Morgan fingerprint density at radius 2 is 1.97 bits per heavy atom. The minimum Gasteiger partial charge on any atom is -0.465 e. The van der Waals surface area contributed by atoms with Crippen molar-refractivity contribution in [2.45, 2.75) is 39.7 Å². The van der Waals surface area contributed by atoms with Crippen molar-refractivity contribution in [3.63, 3.8) is 0 Å². The van der Waals surface area contributed by atoms with Crippen LogP contribution >= 0.6 is 11.3 Å². The van der Waals surface area contributed by atoms with Gasteiger partial charge in [-0.25, -0.2) is 0 Å². The lowest BCUT2D eigenvalue weighted by Gasteiger charge is -2.06. The molecule has 0 saturated heterocycles. The zero-order valence-corrected chi connectivity index (χ0v) is 18.4. The number of ether oxygens (including phenoxy) is 1. The van der Waals surface area contributed by atoms with Crippen LogP contribution in [0.4, 0.5) is 0 Å². The van der Waals surface area contributed by atoms with Crippen molar-refractivity contribution < 1.29 is 18.7 Å². The minimum atomic E-state index is -0.480. The molecule has 0 aliphatic heterocycles. The smallest absolute Gasteiger partial charge is 0.326 e. The van der Waals surface area contributed by atoms with Crippen LogP contribution in [0.15, 0.2) is 57.9 Å². The van der Waals surface area contributed by atoms with E-state index in [1.54, 1.807) is 17.6 Å². The van der Waals surface area contributed by atoms with Crippen molar-refractivity contribution in [3.8, 4) is 0 Å². The number of carbonyl (C=O) groups excluding carboxylic acids is 2. The number of hydrogen-bond acceptors (Lipinski definition) is 5. The standard InChI is InChI=1S/C24H24N2O4S/c1-3-5-8-16-11-12-18-21(13-16)31-24(26(18)15-22(27)29-4-2)25-23(28)20-14-17-9-6-7-10-19(17)30-20/h6-7,9-14H,3-5,8,15H2,1-2H3. The molecular formula is C24H24N2O4S. The summed E-state index contributed by atoms with van der Waals surface area (Å²) in [4.78, 5) is 29.8. The molecule has 160 valence electrons. The molecule has 0 radical (unpaired) electrons. The molecule has 0 saturated carbocycles. The topological polar surface area (TPSA) is 73.8 Å². The summed E-state index contributed by atoms with van der Waals surface area (Å²) in [7, 11) is 0. The van der Waals surface area contributed by atoms with Gasteiger partial charge in [0.1, 0.15) is 12.1 Å². The molecule has 0 atom stereocenters. The lowest BCUT2D eigenvalue weighted by Crippen LogP contribution is -2.23. The number of furan rings is 1. The van der Waals surface area contributed by atoms with Crippen LogP contribution in [0.25, 0.3) is 21.2 Å². The van der Waals surface area contributed by atoms with Gasteiger partial charge in [0.25, 0.3) is 0 Å². The first kappa shape index (κ1) is 21.1. The summed E-state index contributed by atoms with van der Waals surface area (Å²) in [6.07, 6.45) is 3.23. The molecule has 0 bridgehead atoms. The second-order valence-electron chi connectivity index (χ2n) is 7.25. The van der Waals surface area contributed by atoms with Crippen LogP contribution in [-0.2, 0) is 22.5 Å². The molecule has 0 spiro atoms. The van der Waals surface area contributed by atoms with Crippen molar-refractivity contribution >= 4 is 44.4 Å². The zero-order chi connectivity index (χ0) is 21.8. The molecule has 4 rings (SSSR count). The van der Waals surface area contributed by atoms with Gasteiger partial charge in [-0.3, -0.25) is 9.59 Å². The second kappa shape index (κ2) is 9.31. The molecule has 0 fully saturated rings. The van der Waals surface area contributed by atoms with Crippen molar-refractivity contribution in [1.29, 1.82) is 0 Å². The van der Waals surface area contributed by atoms with E-state index in [9.17, 15) is 9.59 Å². The molecule has 7 heteroatoms. The van der Waals surface area contributed by atoms with Gasteiger partial charge in [-0.1, -0.05) is 48.9 Å². The molecule has 4 aromatic rings. The molecule has 2 aromatic carbocycles. The first-order valence-corrected chi connectivity index (χ1v) is 11.3. The summed E-state index contributed by atoms with van der Waals surface area (Å²) in [6.45, 7) is 4.23. The Morgan fingerprint density at radius 3 is 2.74 bits per heavy atom. The predicted octanol–water partition coefficient (Wildman–Crippen LogP) is 5.10. The molecule has 0 N–H and O–H groups in total. The van der Waals surface area contributed by atoms with Crippen LogP contribution in [-0.4, -0.2) is 23.1 Å². The number of aromatic nitrogens is 1. The summed E-state index contributed by atoms with van der Waals surface area (Å²) in [5.41, 5.74) is 2.72. The molecule has 6 nitrogen and oxygen atoms in total. The van der Waals surface area contributed by atoms with Gasteiger partial charge in [0.05, 0.1) is 16.8 Å². The minimum absolute atomic E-state index is 0.00557. The van der Waals surface area contributed by atoms with E-state index in [1.165, 1.54) is 16.9 Å². The van der Waals surface area contributed by atoms with E-state index in [0.717, 1.165) is 34.9 Å². The number of esters is 1. The van der Waals surface area contributed by atoms with Crippen molar-refractivity contribution in [2.75, 3.05) is 6.61 Å². The Hall–Kier alpha value is -3.19. The molecule has 0 aliphatic carbocycles. The summed E-state index contributed by atoms with van der Waals surface area (Å²) in [5, 5.41) is 0.845. The Labute approximate surface area is 183 Å². The van der Waals surface area contributed by atoms with Gasteiger partial charge in [0.15, 0.2) is 10.6 Å². The third kappa shape index (κ3) is 4.61. The van der Waals surface area contributed by atoms with Gasteiger partial charge < -0.3 is 13.7 Å². The van der Waals surface area contributed by atoms with Crippen LogP contribution < -0.4 is 4.80 Å². The van der Waals surface area contributed by atoms with Gasteiger partial charge in [-0.15, -0.1) is 0 Å². The Kier molecular flexibility index (Phi) is 6.32. The highest BCUT2D eigenvalue weighted by Gasteiger charge is 2.15. The molecular weight excluding hydrogens is 412 g/mol. The highest BCUT2D eigenvalue weighted by molar-refractivity contribution is 7.16. The zero-order valence-electron chi connectivity index (χ0n) is 17.6. The third-order valence-electron chi connectivity index (χ3n) is 4.99. The SMILES string of the molecule is CCCCc1ccc2c(c1)sc(=NC(=O)c1cc3ccccc3o1)n2CC(=O)OCC. The number of aryl methyl sites for hydroxylation is 1. The summed E-state index contributed by atoms with van der Waals surface area (Å²) < 4.78 is 13.5. The van der Waals surface area contributed by atoms with Gasteiger partial charge in [-0.2, -0.15) is 4.99 Å². The third-order valence-corrected chi connectivity index (χ3v) is 6.03. The number of para-hydroxylation sites is 1. The quantitative estimate of drug-likeness (QED) is 0.378. The average molecular weight is 437 g/mol. The molecule has 31 heavy (non-hydrogen) atoms. The number of rotatable bonds is 7. The number of benzene rings is 2. The molecule has 0 aliphatic rings. The van der Waals surface area contributed by atoms with Crippen LogP contribution in [0.5, 0.6) is 0 Å². The summed E-state index contributed by atoms with van der Waals surface area (Å²) >= 11 is 1.39. The molecule has 0 unspecified atom stereocenters. The van der Waals surface area contributed by atoms with Crippen molar-refractivity contribution in [2.24, 2.45) is 4.99 Å². The second-order valence-corrected chi connectivity index (χ2v) is 8.26. The van der Waals surface area contributed by atoms with E-state index in [1.807, 2.05) is 30.3 Å². The average Bonchev–Trinajstić information content (AvgIpc) is 3.34. The number of thiazole rings is 1. The normalized spacial score (nSPS) is 12.0. The summed E-state index contributed by atoms with van der Waals surface area (Å²) in [6, 6.07) is 15.3. The van der Waals surface area contributed by atoms with E-state index < -0.39 is 5.91 Å². The first-order chi connectivity index (χ1) is 15.1. The number of amides is 1. The predicted molar refractivity (Wildman–Crippen MR) is 121 cm³/mol. The fraction of sp³-hybridized carbons (Fsp3) is 0.292. The van der Waals surface area contributed by atoms with Gasteiger partial charge >= 0.3 is 11.9 Å². The first-order valence-electron chi connectivity index (χ1n) is 10.4. The van der Waals surface area contributed by atoms with Gasteiger partial charge in [0, 0.05) is 5.39 Å². The number of fused-ring (bicyclic) bond motifs is 2. The molecule has 2 aromatic heterocycles. The summed E-state index contributed by atoms with van der Waals surface area (Å²) in [5.74, 6) is -0.675. The Balaban J connectivity index is 1.77. The highest BCUT2D eigenvalue weighted by atomic mass is 32.1. The van der Waals surface area contributed by atoms with Gasteiger partial charge in [-0.05, 0) is 49.6 Å². The number of nitrogens with zero attached hydrogens (tertiary/aromatic N) is 2. The van der Waals surface area contributed by atoms with E-state index in [0.29, 0.717) is 17.0 Å². The maximum Gasteiger partial charge on any atom is 0.326 e. The van der Waals surface area contributed by atoms with E-state index >= 15 is 0 Å². The lowest BCUT2D eigenvalue weighted by atomic mass is 10.1. The fourth-order valence-corrected chi connectivity index (χ4v) is 4.55.